The Bertz CT molecular complexity index is 1830. The number of benzene rings is 3. The van der Waals surface area contributed by atoms with Crippen molar-refractivity contribution in [2.75, 3.05) is 6.26 Å². The minimum absolute atomic E-state index is 0.262. The number of aliphatic hydroxyl groups is 1. The Kier molecular flexibility index (Phi) is 7.48. The molecule has 2 aromatic heterocycles. The van der Waals surface area contributed by atoms with Crippen molar-refractivity contribution in [3.05, 3.63) is 112 Å². The van der Waals surface area contributed by atoms with Gasteiger partial charge in [-0.05, 0) is 84.5 Å². The molecule has 0 aliphatic rings. The van der Waals surface area contributed by atoms with Crippen molar-refractivity contribution < 1.29 is 13.5 Å². The summed E-state index contributed by atoms with van der Waals surface area (Å²) in [4.78, 5) is 10.4. The van der Waals surface area contributed by atoms with Crippen molar-refractivity contribution >= 4 is 43.7 Å². The first-order valence-electron chi connectivity index (χ1n) is 13.1. The second-order valence-corrected chi connectivity index (χ2v) is 13.9. The van der Waals surface area contributed by atoms with Gasteiger partial charge < -0.3 is 5.11 Å². The van der Waals surface area contributed by atoms with Gasteiger partial charge >= 0.3 is 0 Å². The van der Waals surface area contributed by atoms with Gasteiger partial charge in [0.1, 0.15) is 5.01 Å². The van der Waals surface area contributed by atoms with Gasteiger partial charge in [0.15, 0.2) is 9.84 Å². The average molecular weight is 569 g/mol. The van der Waals surface area contributed by atoms with Crippen molar-refractivity contribution in [1.29, 1.82) is 0 Å². The van der Waals surface area contributed by atoms with Crippen molar-refractivity contribution in [2.24, 2.45) is 0 Å². The molecular formula is C33H32N2O3S2. The van der Waals surface area contributed by atoms with Crippen LogP contribution in [0, 0.1) is 0 Å². The summed E-state index contributed by atoms with van der Waals surface area (Å²) >= 11 is 1.42. The molecule has 0 atom stereocenters. The van der Waals surface area contributed by atoms with E-state index in [1.807, 2.05) is 24.4 Å². The van der Waals surface area contributed by atoms with Crippen LogP contribution in [-0.2, 0) is 15.4 Å². The van der Waals surface area contributed by atoms with E-state index >= 15 is 0 Å². The van der Waals surface area contributed by atoms with Crippen molar-refractivity contribution in [3.63, 3.8) is 0 Å². The van der Waals surface area contributed by atoms with Gasteiger partial charge in [-0.1, -0.05) is 50.2 Å². The maximum Gasteiger partial charge on any atom is 0.175 e. The van der Waals surface area contributed by atoms with Crippen molar-refractivity contribution in [2.45, 2.75) is 44.1 Å². The van der Waals surface area contributed by atoms with E-state index in [1.54, 1.807) is 44.3 Å². The van der Waals surface area contributed by atoms with E-state index in [0.29, 0.717) is 5.92 Å². The van der Waals surface area contributed by atoms with Gasteiger partial charge in [0.05, 0.1) is 20.9 Å². The number of fused-ring (bicyclic) bond motifs is 1. The maximum atomic E-state index is 12.1. The zero-order chi connectivity index (χ0) is 28.7. The molecule has 3 aromatic carbocycles. The van der Waals surface area contributed by atoms with Crippen LogP contribution in [0.2, 0.25) is 0 Å². The number of aromatic nitrogens is 2. The van der Waals surface area contributed by atoms with Crippen LogP contribution in [0.3, 0.4) is 0 Å². The van der Waals surface area contributed by atoms with E-state index in [-0.39, 0.29) is 4.90 Å². The number of thiazole rings is 1. The molecule has 0 fully saturated rings. The summed E-state index contributed by atoms with van der Waals surface area (Å²) in [6.07, 6.45) is 6.79. The molecule has 7 heteroatoms. The lowest BCUT2D eigenvalue weighted by molar-refractivity contribution is 0.0823. The summed E-state index contributed by atoms with van der Waals surface area (Å²) in [6.45, 7) is 7.86. The zero-order valence-electron chi connectivity index (χ0n) is 23.2. The summed E-state index contributed by atoms with van der Waals surface area (Å²) in [5, 5.41) is 12.4. The van der Waals surface area contributed by atoms with Crippen LogP contribution in [0.1, 0.15) is 60.2 Å². The normalized spacial score (nSPS) is 12.8. The Labute approximate surface area is 239 Å². The molecule has 5 rings (SSSR count). The van der Waals surface area contributed by atoms with Crippen molar-refractivity contribution in [1.82, 2.24) is 9.97 Å². The van der Waals surface area contributed by atoms with Crippen molar-refractivity contribution in [3.8, 4) is 11.1 Å². The quantitative estimate of drug-likeness (QED) is 0.204. The molecule has 40 heavy (non-hydrogen) atoms. The Balaban J connectivity index is 1.66. The first-order valence-corrected chi connectivity index (χ1v) is 15.8. The van der Waals surface area contributed by atoms with Gasteiger partial charge in [-0.15, -0.1) is 11.3 Å². The highest BCUT2D eigenvalue weighted by Crippen LogP contribution is 2.36. The largest absolute Gasteiger partial charge is 0.385 e. The lowest BCUT2D eigenvalue weighted by Crippen LogP contribution is -2.12. The summed E-state index contributed by atoms with van der Waals surface area (Å²) in [6, 6.07) is 23.7. The van der Waals surface area contributed by atoms with Gasteiger partial charge in [0, 0.05) is 35.2 Å². The molecule has 1 N–H and O–H groups in total. The van der Waals surface area contributed by atoms with Crippen LogP contribution in [0.5, 0.6) is 0 Å². The molecule has 0 saturated carbocycles. The smallest absolute Gasteiger partial charge is 0.175 e. The summed E-state index contributed by atoms with van der Waals surface area (Å²) < 4.78 is 24.1. The molecule has 0 saturated heterocycles. The highest BCUT2D eigenvalue weighted by atomic mass is 32.2. The summed E-state index contributed by atoms with van der Waals surface area (Å²) in [5.74, 6) is 0.378. The van der Waals surface area contributed by atoms with E-state index in [4.69, 9.17) is 4.98 Å². The Hall–Kier alpha value is -3.65. The van der Waals surface area contributed by atoms with E-state index in [2.05, 4.69) is 55.2 Å². The number of sulfone groups is 1. The summed E-state index contributed by atoms with van der Waals surface area (Å²) in [7, 11) is -3.32. The molecule has 2 heterocycles. The molecular weight excluding hydrogens is 537 g/mol. The second kappa shape index (κ2) is 10.7. The fourth-order valence-corrected chi connectivity index (χ4v) is 6.15. The zero-order valence-corrected chi connectivity index (χ0v) is 24.8. The van der Waals surface area contributed by atoms with Crippen LogP contribution in [0.15, 0.2) is 90.1 Å². The van der Waals surface area contributed by atoms with Crippen LogP contribution in [0.25, 0.3) is 33.7 Å². The standard InChI is InChI=1S/C33H32N2O3S2/c1-21(2)26-18-25-10-7-15-34-31(25)28(19-26)24-9-6-8-22(16-24)17-29(32-35-20-30(39-32)33(3,4)36)23-11-13-27(14-12-23)40(5,37)38/h6-21,36H,1-5H3/b29-17-. The lowest BCUT2D eigenvalue weighted by Gasteiger charge is -2.14. The van der Waals surface area contributed by atoms with Crippen LogP contribution in [-0.4, -0.2) is 29.7 Å². The van der Waals surface area contributed by atoms with E-state index in [0.717, 1.165) is 48.6 Å². The average Bonchev–Trinajstić information content (AvgIpc) is 3.42. The molecule has 0 radical (unpaired) electrons. The number of hydrogen-bond acceptors (Lipinski definition) is 6. The van der Waals surface area contributed by atoms with Crippen LogP contribution < -0.4 is 0 Å². The van der Waals surface area contributed by atoms with Gasteiger partial charge in [0.2, 0.25) is 0 Å². The Morgan fingerprint density at radius 3 is 2.38 bits per heavy atom. The SMILES string of the molecule is CC(C)c1cc(-c2cccc(/C=C(/c3ccc(S(C)(=O)=O)cc3)c3ncc(C(C)(C)O)s3)c2)c2ncccc2c1. The Morgan fingerprint density at radius 1 is 0.975 bits per heavy atom. The minimum Gasteiger partial charge on any atom is -0.385 e. The molecule has 0 spiro atoms. The predicted octanol–water partition coefficient (Wildman–Crippen LogP) is 7.70. The lowest BCUT2D eigenvalue weighted by atomic mass is 9.93. The predicted molar refractivity (Wildman–Crippen MR) is 165 cm³/mol. The monoisotopic (exact) mass is 568 g/mol. The van der Waals surface area contributed by atoms with E-state index in [9.17, 15) is 13.5 Å². The molecule has 0 aliphatic heterocycles. The first kappa shape index (κ1) is 27.9. The number of pyridine rings is 1. The number of rotatable bonds is 7. The topological polar surface area (TPSA) is 80.2 Å². The third kappa shape index (κ3) is 5.92. The minimum atomic E-state index is -3.32. The third-order valence-corrected chi connectivity index (χ3v) is 9.31. The van der Waals surface area contributed by atoms with Gasteiger partial charge in [-0.2, -0.15) is 0 Å². The molecule has 0 aliphatic carbocycles. The number of nitrogens with zero attached hydrogens (tertiary/aromatic N) is 2. The highest BCUT2D eigenvalue weighted by molar-refractivity contribution is 7.90. The Morgan fingerprint density at radius 2 is 1.73 bits per heavy atom. The maximum absolute atomic E-state index is 12.1. The van der Waals surface area contributed by atoms with E-state index in [1.165, 1.54) is 23.2 Å². The molecule has 0 unspecified atom stereocenters. The van der Waals surface area contributed by atoms with Crippen LogP contribution >= 0.6 is 11.3 Å². The van der Waals surface area contributed by atoms with Crippen LogP contribution in [0.4, 0.5) is 0 Å². The number of hydrogen-bond donors (Lipinski definition) is 1. The fraction of sp³-hybridized carbons (Fsp3) is 0.212. The molecule has 5 nitrogen and oxygen atoms in total. The van der Waals surface area contributed by atoms with Gasteiger partial charge in [-0.3, -0.25) is 4.98 Å². The second-order valence-electron chi connectivity index (χ2n) is 10.9. The van der Waals surface area contributed by atoms with Gasteiger partial charge in [0.25, 0.3) is 0 Å². The molecule has 0 bridgehead atoms. The molecule has 204 valence electrons. The van der Waals surface area contributed by atoms with E-state index < -0.39 is 15.4 Å². The fourth-order valence-electron chi connectivity index (χ4n) is 4.56. The highest BCUT2D eigenvalue weighted by Gasteiger charge is 2.21. The summed E-state index contributed by atoms with van der Waals surface area (Å²) in [5.41, 5.74) is 5.98. The molecule has 0 amide bonds. The van der Waals surface area contributed by atoms with Gasteiger partial charge in [-0.25, -0.2) is 13.4 Å². The molecule has 5 aromatic rings. The third-order valence-electron chi connectivity index (χ3n) is 6.84. The first-order chi connectivity index (χ1) is 18.9.